The van der Waals surface area contributed by atoms with Gasteiger partial charge in [0, 0.05) is 24.3 Å². The summed E-state index contributed by atoms with van der Waals surface area (Å²) in [5.41, 5.74) is 7.64. The predicted molar refractivity (Wildman–Crippen MR) is 114 cm³/mol. The monoisotopic (exact) mass is 390 g/mol. The molecule has 2 amide bonds. The second-order valence-corrected chi connectivity index (χ2v) is 8.17. The molecule has 0 heterocycles. The van der Waals surface area contributed by atoms with Crippen LogP contribution < -0.4 is 10.9 Å². The van der Waals surface area contributed by atoms with Crippen molar-refractivity contribution in [1.29, 1.82) is 0 Å². The number of carbonyl (C=O) groups is 2. The van der Waals surface area contributed by atoms with Gasteiger partial charge in [0.25, 0.3) is 0 Å². The molecule has 2 rings (SSSR count). The number of hydrazone groups is 2. The van der Waals surface area contributed by atoms with Crippen LogP contribution in [-0.4, -0.2) is 23.2 Å². The Morgan fingerprint density at radius 2 is 0.893 bits per heavy atom. The topological polar surface area (TPSA) is 82.9 Å². The van der Waals surface area contributed by atoms with E-state index in [-0.39, 0.29) is 11.8 Å². The molecule has 2 fully saturated rings. The fourth-order valence-electron chi connectivity index (χ4n) is 3.82. The Morgan fingerprint density at radius 3 is 1.25 bits per heavy atom. The van der Waals surface area contributed by atoms with Gasteiger partial charge in [-0.15, -0.1) is 0 Å². The highest BCUT2D eigenvalue weighted by molar-refractivity contribution is 5.87. The van der Waals surface area contributed by atoms with Crippen LogP contribution in [0.15, 0.2) is 10.2 Å². The largest absolute Gasteiger partial charge is 0.273 e. The molecule has 6 heteroatoms. The Bertz CT molecular complexity index is 475. The normalized spacial score (nSPS) is 18.9. The van der Waals surface area contributed by atoms with E-state index in [0.717, 1.165) is 37.1 Å². The lowest BCUT2D eigenvalue weighted by Gasteiger charge is -2.11. The lowest BCUT2D eigenvalue weighted by Crippen LogP contribution is -2.21. The van der Waals surface area contributed by atoms with E-state index in [1.807, 2.05) is 0 Å². The number of hydrogen-bond acceptors (Lipinski definition) is 4. The fraction of sp³-hybridized carbons (Fsp3) is 0.818. The molecule has 2 saturated carbocycles. The molecule has 0 aliphatic heterocycles. The van der Waals surface area contributed by atoms with Crippen LogP contribution >= 0.6 is 0 Å². The summed E-state index contributed by atoms with van der Waals surface area (Å²) in [6, 6.07) is 0. The third-order valence-corrected chi connectivity index (χ3v) is 5.60. The van der Waals surface area contributed by atoms with Gasteiger partial charge in [-0.2, -0.15) is 10.2 Å². The van der Waals surface area contributed by atoms with Gasteiger partial charge in [0.15, 0.2) is 0 Å². The van der Waals surface area contributed by atoms with Gasteiger partial charge in [0.2, 0.25) is 11.8 Å². The number of unbranched alkanes of at least 4 members (excludes halogenated alkanes) is 1. The molecule has 0 saturated heterocycles. The first kappa shape index (κ1) is 22.6. The van der Waals surface area contributed by atoms with Gasteiger partial charge < -0.3 is 0 Å². The molecular formula is C22H38N4O2. The summed E-state index contributed by atoms with van der Waals surface area (Å²) in [6.45, 7) is 0. The zero-order valence-electron chi connectivity index (χ0n) is 17.4. The van der Waals surface area contributed by atoms with E-state index >= 15 is 0 Å². The van der Waals surface area contributed by atoms with Crippen molar-refractivity contribution in [2.45, 2.75) is 116 Å². The number of hydrogen-bond donors (Lipinski definition) is 2. The zero-order valence-corrected chi connectivity index (χ0v) is 17.4. The SMILES string of the molecule is O=C(CCCCC(=O)NN=C1CCCCCCC1)NN=C1CCCCCCC1. The average molecular weight is 391 g/mol. The molecule has 0 radical (unpaired) electrons. The minimum Gasteiger partial charge on any atom is -0.273 e. The first-order valence-corrected chi connectivity index (χ1v) is 11.4. The lowest BCUT2D eigenvalue weighted by atomic mass is 9.99. The summed E-state index contributed by atoms with van der Waals surface area (Å²) in [5.74, 6) is -0.102. The fourth-order valence-corrected chi connectivity index (χ4v) is 3.82. The Labute approximate surface area is 170 Å². The molecule has 6 nitrogen and oxygen atoms in total. The summed E-state index contributed by atoms with van der Waals surface area (Å²) >= 11 is 0. The van der Waals surface area contributed by atoms with Crippen LogP contribution in [0.5, 0.6) is 0 Å². The maximum absolute atomic E-state index is 11.9. The zero-order chi connectivity index (χ0) is 19.9. The summed E-state index contributed by atoms with van der Waals surface area (Å²) in [5, 5.41) is 8.63. The second kappa shape index (κ2) is 14.3. The van der Waals surface area contributed by atoms with E-state index in [9.17, 15) is 9.59 Å². The van der Waals surface area contributed by atoms with E-state index in [1.165, 1.54) is 64.2 Å². The van der Waals surface area contributed by atoms with E-state index in [4.69, 9.17) is 0 Å². The van der Waals surface area contributed by atoms with Crippen molar-refractivity contribution in [3.63, 3.8) is 0 Å². The molecule has 0 atom stereocenters. The van der Waals surface area contributed by atoms with Crippen LogP contribution in [0.3, 0.4) is 0 Å². The van der Waals surface area contributed by atoms with Crippen LogP contribution in [0.1, 0.15) is 116 Å². The molecule has 158 valence electrons. The van der Waals surface area contributed by atoms with Crippen molar-refractivity contribution in [3.05, 3.63) is 0 Å². The smallest absolute Gasteiger partial charge is 0.240 e. The van der Waals surface area contributed by atoms with Gasteiger partial charge in [-0.05, 0) is 64.2 Å². The highest BCUT2D eigenvalue weighted by Gasteiger charge is 2.08. The summed E-state index contributed by atoms with van der Waals surface area (Å²) < 4.78 is 0. The summed E-state index contributed by atoms with van der Waals surface area (Å²) in [6.07, 6.45) is 18.6. The predicted octanol–water partition coefficient (Wildman–Crippen LogP) is 4.98. The maximum atomic E-state index is 11.9. The second-order valence-electron chi connectivity index (χ2n) is 8.17. The molecule has 0 unspecified atom stereocenters. The highest BCUT2D eigenvalue weighted by Crippen LogP contribution is 2.15. The van der Waals surface area contributed by atoms with Crippen molar-refractivity contribution >= 4 is 23.2 Å². The van der Waals surface area contributed by atoms with Crippen LogP contribution in [0.2, 0.25) is 0 Å². The number of carbonyl (C=O) groups excluding carboxylic acids is 2. The van der Waals surface area contributed by atoms with Crippen molar-refractivity contribution in [2.75, 3.05) is 0 Å². The van der Waals surface area contributed by atoms with Gasteiger partial charge in [-0.1, -0.05) is 38.5 Å². The molecule has 2 aliphatic rings. The maximum Gasteiger partial charge on any atom is 0.240 e. The number of nitrogens with zero attached hydrogens (tertiary/aromatic N) is 2. The third kappa shape index (κ3) is 10.6. The minimum absolute atomic E-state index is 0.0512. The van der Waals surface area contributed by atoms with E-state index in [1.54, 1.807) is 0 Å². The molecule has 2 N–H and O–H groups in total. The number of amides is 2. The molecule has 0 bridgehead atoms. The Morgan fingerprint density at radius 1 is 0.571 bits per heavy atom. The molecule has 2 aliphatic carbocycles. The van der Waals surface area contributed by atoms with Crippen LogP contribution in [0.25, 0.3) is 0 Å². The molecule has 0 aromatic heterocycles. The number of rotatable bonds is 7. The van der Waals surface area contributed by atoms with E-state index < -0.39 is 0 Å². The van der Waals surface area contributed by atoms with Crippen LogP contribution in [0.4, 0.5) is 0 Å². The standard InChI is InChI=1S/C22H38N4O2/c27-21(25-23-19-13-7-3-1-4-8-14-19)17-11-12-18-22(28)26-24-20-15-9-5-2-6-10-16-20/h1-18H2,(H,25,27)(H,26,28). The highest BCUT2D eigenvalue weighted by atomic mass is 16.2. The van der Waals surface area contributed by atoms with Gasteiger partial charge in [0.05, 0.1) is 0 Å². The Balaban J connectivity index is 1.55. The molecule has 0 spiro atoms. The number of nitrogens with one attached hydrogen (secondary N) is 2. The third-order valence-electron chi connectivity index (χ3n) is 5.60. The van der Waals surface area contributed by atoms with E-state index in [2.05, 4.69) is 21.1 Å². The molecule has 0 aromatic rings. The molecular weight excluding hydrogens is 352 g/mol. The van der Waals surface area contributed by atoms with Crippen molar-refractivity contribution in [3.8, 4) is 0 Å². The Kier molecular flexibility index (Phi) is 11.5. The van der Waals surface area contributed by atoms with Gasteiger partial charge in [-0.3, -0.25) is 9.59 Å². The van der Waals surface area contributed by atoms with Crippen molar-refractivity contribution in [2.24, 2.45) is 10.2 Å². The van der Waals surface area contributed by atoms with Crippen molar-refractivity contribution < 1.29 is 9.59 Å². The Hall–Kier alpha value is -1.72. The summed E-state index contributed by atoms with van der Waals surface area (Å²) in [4.78, 5) is 23.9. The van der Waals surface area contributed by atoms with Crippen LogP contribution in [-0.2, 0) is 9.59 Å². The van der Waals surface area contributed by atoms with Crippen LogP contribution in [0, 0.1) is 0 Å². The molecule has 0 aromatic carbocycles. The van der Waals surface area contributed by atoms with Crippen molar-refractivity contribution in [1.82, 2.24) is 10.9 Å². The molecule has 28 heavy (non-hydrogen) atoms. The average Bonchev–Trinajstić information content (AvgIpc) is 2.63. The minimum atomic E-state index is -0.0512. The van der Waals surface area contributed by atoms with E-state index in [0.29, 0.717) is 25.7 Å². The first-order valence-electron chi connectivity index (χ1n) is 11.4. The van der Waals surface area contributed by atoms with Gasteiger partial charge in [-0.25, -0.2) is 10.9 Å². The lowest BCUT2D eigenvalue weighted by molar-refractivity contribution is -0.123. The first-order chi connectivity index (χ1) is 13.7. The quantitative estimate of drug-likeness (QED) is 0.475. The van der Waals surface area contributed by atoms with Gasteiger partial charge in [0.1, 0.15) is 0 Å². The summed E-state index contributed by atoms with van der Waals surface area (Å²) in [7, 11) is 0. The van der Waals surface area contributed by atoms with Gasteiger partial charge >= 0.3 is 0 Å².